The maximum absolute atomic E-state index is 13.9. The van der Waals surface area contributed by atoms with Crippen molar-refractivity contribution in [2.45, 2.75) is 77.0 Å². The van der Waals surface area contributed by atoms with E-state index in [0.29, 0.717) is 23.7 Å². The standard InChI is InChI=1S/C36H48N4O9S/c1-24(2)21-40(50(45,46)27-16-17-30-31(19-27)48-23-47-30)22-29(41)28(18-25-12-8-6-9-13-25)38-34(43)33(36(3,4)5)39-32(42)20-37-35(44)49-26-14-10-7-11-15-26/h6-8,10-12,14-17,19,24,28-29,33,41H,9,13,18,20-23H2,1-5H3,(H,37,44)(H,38,43)(H,39,42)/t28-,29+,33+/m0/s1. The van der Waals surface area contributed by atoms with Gasteiger partial charge in [-0.05, 0) is 54.9 Å². The van der Waals surface area contributed by atoms with Crippen molar-refractivity contribution < 1.29 is 42.1 Å². The van der Waals surface area contributed by atoms with Gasteiger partial charge in [0.25, 0.3) is 0 Å². The third-order valence-electron chi connectivity index (χ3n) is 8.10. The van der Waals surface area contributed by atoms with E-state index in [9.17, 15) is 27.9 Å². The zero-order valence-corrected chi connectivity index (χ0v) is 30.0. The number of carbonyl (C=O) groups is 3. The van der Waals surface area contributed by atoms with Gasteiger partial charge < -0.3 is 35.3 Å². The number of aliphatic hydroxyl groups excluding tert-OH is 1. The van der Waals surface area contributed by atoms with Crippen molar-refractivity contribution in [1.29, 1.82) is 0 Å². The molecule has 0 unspecified atom stereocenters. The Labute approximate surface area is 294 Å². The molecule has 0 saturated carbocycles. The lowest BCUT2D eigenvalue weighted by Gasteiger charge is -2.35. The molecule has 0 aromatic heterocycles. The van der Waals surface area contributed by atoms with Crippen LogP contribution in [-0.4, -0.2) is 80.4 Å². The molecular weight excluding hydrogens is 664 g/mol. The molecule has 2 aromatic carbocycles. The van der Waals surface area contributed by atoms with Crippen LogP contribution in [0.25, 0.3) is 0 Å². The largest absolute Gasteiger partial charge is 0.454 e. The number of fused-ring (bicyclic) bond motifs is 1. The van der Waals surface area contributed by atoms with Crippen molar-refractivity contribution in [2.24, 2.45) is 11.3 Å². The highest BCUT2D eigenvalue weighted by molar-refractivity contribution is 7.89. The van der Waals surface area contributed by atoms with Crippen LogP contribution in [0.15, 0.2) is 77.2 Å². The highest BCUT2D eigenvalue weighted by Gasteiger charge is 2.37. The van der Waals surface area contributed by atoms with Gasteiger partial charge in [0.15, 0.2) is 11.5 Å². The van der Waals surface area contributed by atoms with Crippen molar-refractivity contribution in [1.82, 2.24) is 20.3 Å². The van der Waals surface area contributed by atoms with Gasteiger partial charge in [-0.1, -0.05) is 76.6 Å². The van der Waals surface area contributed by atoms with Crippen LogP contribution in [-0.2, 0) is 19.6 Å². The highest BCUT2D eigenvalue weighted by atomic mass is 32.2. The van der Waals surface area contributed by atoms with Crippen LogP contribution in [0, 0.1) is 11.3 Å². The molecule has 13 nitrogen and oxygen atoms in total. The van der Waals surface area contributed by atoms with Crippen LogP contribution in [0.4, 0.5) is 4.79 Å². The minimum Gasteiger partial charge on any atom is -0.454 e. The minimum atomic E-state index is -4.10. The molecule has 4 rings (SSSR count). The van der Waals surface area contributed by atoms with Crippen LogP contribution in [0.1, 0.15) is 53.9 Å². The minimum absolute atomic E-state index is 0.00695. The van der Waals surface area contributed by atoms with Gasteiger partial charge in [-0.15, -0.1) is 0 Å². The lowest BCUT2D eigenvalue weighted by molar-refractivity contribution is -0.132. The summed E-state index contributed by atoms with van der Waals surface area (Å²) < 4.78 is 45.0. The van der Waals surface area contributed by atoms with E-state index < -0.39 is 58.1 Å². The van der Waals surface area contributed by atoms with Crippen molar-refractivity contribution in [2.75, 3.05) is 26.4 Å². The average Bonchev–Trinajstić information content (AvgIpc) is 3.54. The molecule has 2 aliphatic rings. The van der Waals surface area contributed by atoms with Crippen molar-refractivity contribution in [3.05, 3.63) is 72.3 Å². The van der Waals surface area contributed by atoms with Crippen molar-refractivity contribution in [3.63, 3.8) is 0 Å². The van der Waals surface area contributed by atoms with Crippen molar-refractivity contribution in [3.8, 4) is 17.2 Å². The number of nitrogens with one attached hydrogen (secondary N) is 3. The number of allylic oxidation sites excluding steroid dienone is 3. The molecule has 1 aliphatic heterocycles. The van der Waals surface area contributed by atoms with Crippen LogP contribution < -0.4 is 30.2 Å². The second kappa shape index (κ2) is 17.0. The Morgan fingerprint density at radius 1 is 1.00 bits per heavy atom. The Morgan fingerprint density at radius 2 is 1.72 bits per heavy atom. The lowest BCUT2D eigenvalue weighted by atomic mass is 9.85. The van der Waals surface area contributed by atoms with Gasteiger partial charge in [-0.25, -0.2) is 13.2 Å². The van der Waals surface area contributed by atoms with E-state index in [-0.39, 0.29) is 37.1 Å². The normalized spacial score (nSPS) is 16.0. The molecule has 1 aliphatic carbocycles. The third-order valence-corrected chi connectivity index (χ3v) is 9.92. The number of hydrogen-bond acceptors (Lipinski definition) is 9. The molecule has 0 bridgehead atoms. The number of ether oxygens (including phenoxy) is 3. The summed E-state index contributed by atoms with van der Waals surface area (Å²) in [4.78, 5) is 39.1. The lowest BCUT2D eigenvalue weighted by Crippen LogP contribution is -2.59. The summed E-state index contributed by atoms with van der Waals surface area (Å²) >= 11 is 0. The molecular formula is C36H48N4O9S. The molecule has 0 spiro atoms. The van der Waals surface area contributed by atoms with Crippen LogP contribution >= 0.6 is 0 Å². The Bertz CT molecular complexity index is 1670. The maximum atomic E-state index is 13.9. The van der Waals surface area contributed by atoms with Gasteiger partial charge in [0.2, 0.25) is 28.6 Å². The van der Waals surface area contributed by atoms with Crippen LogP contribution in [0.2, 0.25) is 0 Å². The van der Waals surface area contributed by atoms with Gasteiger partial charge in [0, 0.05) is 19.2 Å². The number of amides is 3. The molecule has 0 fully saturated rings. The predicted octanol–water partition coefficient (Wildman–Crippen LogP) is 3.89. The number of nitrogens with zero attached hydrogens (tertiary/aromatic N) is 1. The van der Waals surface area contributed by atoms with E-state index in [0.717, 1.165) is 12.0 Å². The molecule has 4 N–H and O–H groups in total. The number of carbonyl (C=O) groups excluding carboxylic acids is 3. The predicted molar refractivity (Wildman–Crippen MR) is 187 cm³/mol. The Kier molecular flexibility index (Phi) is 13.1. The fraction of sp³-hybridized carbons (Fsp3) is 0.472. The zero-order chi connectivity index (χ0) is 36.5. The quantitative estimate of drug-likeness (QED) is 0.214. The second-order valence-corrected chi connectivity index (χ2v) is 15.8. The number of benzene rings is 2. The summed E-state index contributed by atoms with van der Waals surface area (Å²) in [6, 6.07) is 10.8. The molecule has 50 heavy (non-hydrogen) atoms. The Morgan fingerprint density at radius 3 is 2.38 bits per heavy atom. The molecule has 272 valence electrons. The van der Waals surface area contributed by atoms with E-state index in [1.54, 1.807) is 51.1 Å². The Hall–Kier alpha value is -4.40. The molecule has 0 saturated heterocycles. The average molecular weight is 713 g/mol. The number of aliphatic hydroxyl groups is 1. The summed E-state index contributed by atoms with van der Waals surface area (Å²) in [5.74, 6) is -0.203. The molecule has 1 heterocycles. The molecule has 3 atom stereocenters. The number of sulfonamides is 1. The fourth-order valence-electron chi connectivity index (χ4n) is 5.53. The molecule has 14 heteroatoms. The van der Waals surface area contributed by atoms with Crippen molar-refractivity contribution >= 4 is 27.9 Å². The highest BCUT2D eigenvalue weighted by Crippen LogP contribution is 2.35. The zero-order valence-electron chi connectivity index (χ0n) is 29.2. The summed E-state index contributed by atoms with van der Waals surface area (Å²) in [6.45, 7) is 8.43. The van der Waals surface area contributed by atoms with E-state index in [2.05, 4.69) is 16.0 Å². The van der Waals surface area contributed by atoms with E-state index in [4.69, 9.17) is 14.2 Å². The van der Waals surface area contributed by atoms with E-state index >= 15 is 0 Å². The van der Waals surface area contributed by atoms with Gasteiger partial charge in [-0.2, -0.15) is 4.31 Å². The van der Waals surface area contributed by atoms with Gasteiger partial charge in [0.05, 0.1) is 17.0 Å². The molecule has 3 amide bonds. The summed E-state index contributed by atoms with van der Waals surface area (Å²) in [5, 5.41) is 19.7. The second-order valence-electron chi connectivity index (χ2n) is 13.8. The van der Waals surface area contributed by atoms with Gasteiger partial charge in [0.1, 0.15) is 18.3 Å². The topological polar surface area (TPSA) is 173 Å². The summed E-state index contributed by atoms with van der Waals surface area (Å²) in [6.07, 6.45) is 5.47. The Balaban J connectivity index is 1.50. The smallest absolute Gasteiger partial charge is 0.413 e. The van der Waals surface area contributed by atoms with E-state index in [1.165, 1.54) is 22.5 Å². The van der Waals surface area contributed by atoms with Gasteiger partial charge in [-0.3, -0.25) is 9.59 Å². The number of para-hydroxylation sites is 1. The summed E-state index contributed by atoms with van der Waals surface area (Å²) in [7, 11) is -4.10. The monoisotopic (exact) mass is 712 g/mol. The third kappa shape index (κ3) is 10.8. The number of rotatable bonds is 15. The van der Waals surface area contributed by atoms with Gasteiger partial charge >= 0.3 is 6.09 Å². The summed E-state index contributed by atoms with van der Waals surface area (Å²) in [5.41, 5.74) is 0.197. The first-order valence-electron chi connectivity index (χ1n) is 16.7. The van der Waals surface area contributed by atoms with Crippen LogP contribution in [0.5, 0.6) is 17.2 Å². The molecule has 2 aromatic rings. The first-order chi connectivity index (χ1) is 23.6. The maximum Gasteiger partial charge on any atom is 0.413 e. The van der Waals surface area contributed by atoms with E-state index in [1.807, 2.05) is 32.1 Å². The first-order valence-corrected chi connectivity index (χ1v) is 18.1. The van der Waals surface area contributed by atoms with Crippen LogP contribution in [0.3, 0.4) is 0 Å². The first kappa shape index (κ1) is 38.4. The fourth-order valence-corrected chi connectivity index (χ4v) is 7.16. The SMILES string of the molecule is CC(C)CN(C[C@@H](O)[C@H](CC1=CC=CCC1)NC(=O)[C@@H](NC(=O)CNC(=O)Oc1ccccc1)C(C)(C)C)S(=O)(=O)c1ccc2c(c1)OCO2. The number of hydrogen-bond donors (Lipinski definition) is 4. The molecule has 0 radical (unpaired) electrons.